The Balaban J connectivity index is 2.06. The zero-order valence-electron chi connectivity index (χ0n) is 12.1. The van der Waals surface area contributed by atoms with Gasteiger partial charge in [0.15, 0.2) is 5.79 Å². The number of nitrogens with zero attached hydrogens (tertiary/aromatic N) is 2. The van der Waals surface area contributed by atoms with Crippen LogP contribution in [0.1, 0.15) is 24.2 Å². The van der Waals surface area contributed by atoms with Gasteiger partial charge in [0, 0.05) is 6.20 Å². The number of nitrogens with one attached hydrogen (secondary N) is 1. The van der Waals surface area contributed by atoms with E-state index in [1.54, 1.807) is 18.4 Å². The molecule has 22 heavy (non-hydrogen) atoms. The van der Waals surface area contributed by atoms with Gasteiger partial charge in [0.05, 0.1) is 24.1 Å². The summed E-state index contributed by atoms with van der Waals surface area (Å²) in [6.45, 7) is 4.27. The van der Waals surface area contributed by atoms with Crippen molar-refractivity contribution in [1.29, 1.82) is 0 Å². The summed E-state index contributed by atoms with van der Waals surface area (Å²) in [4.78, 5) is 29.6. The third kappa shape index (κ3) is 2.44. The number of ether oxygens (including phenoxy) is 2. The van der Waals surface area contributed by atoms with Crippen molar-refractivity contribution < 1.29 is 19.4 Å². The minimum atomic E-state index is -1.20. The van der Waals surface area contributed by atoms with E-state index in [0.29, 0.717) is 13.2 Å². The minimum Gasteiger partial charge on any atom is -0.478 e. The van der Waals surface area contributed by atoms with Gasteiger partial charge in [0.2, 0.25) is 5.95 Å². The number of aromatic amines is 1. The molecule has 0 aliphatic carbocycles. The van der Waals surface area contributed by atoms with E-state index in [4.69, 9.17) is 15.2 Å². The Bertz CT molecular complexity index is 807. The number of anilines is 1. The van der Waals surface area contributed by atoms with Crippen LogP contribution in [-0.2, 0) is 16.0 Å². The molecule has 9 nitrogen and oxygen atoms in total. The molecule has 0 spiro atoms. The molecule has 9 heteroatoms. The van der Waals surface area contributed by atoms with Gasteiger partial charge < -0.3 is 24.9 Å². The highest BCUT2D eigenvalue weighted by Crippen LogP contribution is 2.25. The van der Waals surface area contributed by atoms with Crippen LogP contribution in [0.3, 0.4) is 0 Å². The van der Waals surface area contributed by atoms with E-state index in [1.165, 1.54) is 6.20 Å². The molecule has 1 aliphatic rings. The molecule has 0 radical (unpaired) electrons. The fourth-order valence-electron chi connectivity index (χ4n) is 2.58. The molecule has 0 saturated carbocycles. The summed E-state index contributed by atoms with van der Waals surface area (Å²) in [6.07, 6.45) is 1.10. The standard InChI is InChI=1S/C13H16N4O5/c1-13(2)21-5-6(22-13)3-17-4-7(11(19)20)8-9(17)15-12(14)16-10(8)18/h4,6H,3,5H2,1-2H3,(H,19,20)(H3,14,15,16,18). The molecule has 3 rings (SSSR count). The number of hydrogen-bond donors (Lipinski definition) is 3. The van der Waals surface area contributed by atoms with E-state index >= 15 is 0 Å². The molecular weight excluding hydrogens is 292 g/mol. The van der Waals surface area contributed by atoms with Gasteiger partial charge in [-0.25, -0.2) is 4.79 Å². The maximum atomic E-state index is 12.0. The van der Waals surface area contributed by atoms with E-state index in [-0.39, 0.29) is 28.6 Å². The van der Waals surface area contributed by atoms with Crippen LogP contribution in [0.2, 0.25) is 0 Å². The van der Waals surface area contributed by atoms with Crippen molar-refractivity contribution in [3.63, 3.8) is 0 Å². The maximum absolute atomic E-state index is 12.0. The summed E-state index contributed by atoms with van der Waals surface area (Å²) >= 11 is 0. The number of nitrogens with two attached hydrogens (primary N) is 1. The van der Waals surface area contributed by atoms with Crippen molar-refractivity contribution in [3.8, 4) is 0 Å². The zero-order valence-corrected chi connectivity index (χ0v) is 12.1. The van der Waals surface area contributed by atoms with Crippen molar-refractivity contribution >= 4 is 23.0 Å². The van der Waals surface area contributed by atoms with Crippen molar-refractivity contribution in [2.24, 2.45) is 0 Å². The van der Waals surface area contributed by atoms with Crippen LogP contribution >= 0.6 is 0 Å². The Morgan fingerprint density at radius 2 is 2.36 bits per heavy atom. The summed E-state index contributed by atoms with van der Waals surface area (Å²) in [5.41, 5.74) is 5.06. The van der Waals surface area contributed by atoms with E-state index in [9.17, 15) is 14.7 Å². The van der Waals surface area contributed by atoms with Crippen LogP contribution in [0.4, 0.5) is 5.95 Å². The molecular formula is C13H16N4O5. The molecule has 1 aliphatic heterocycles. The van der Waals surface area contributed by atoms with Gasteiger partial charge in [-0.3, -0.25) is 9.78 Å². The number of carboxylic acids is 1. The monoisotopic (exact) mass is 308 g/mol. The Morgan fingerprint density at radius 3 is 2.95 bits per heavy atom. The molecule has 0 bridgehead atoms. The number of rotatable bonds is 3. The van der Waals surface area contributed by atoms with Crippen LogP contribution < -0.4 is 11.3 Å². The summed E-state index contributed by atoms with van der Waals surface area (Å²) in [7, 11) is 0. The second-order valence-electron chi connectivity index (χ2n) is 5.60. The van der Waals surface area contributed by atoms with Crippen molar-refractivity contribution in [1.82, 2.24) is 14.5 Å². The molecule has 0 amide bonds. The van der Waals surface area contributed by atoms with Crippen LogP contribution in [0.15, 0.2) is 11.0 Å². The second-order valence-corrected chi connectivity index (χ2v) is 5.60. The number of carboxylic acid groups (broad SMARTS) is 1. The first kappa shape index (κ1) is 14.5. The average Bonchev–Trinajstić information content (AvgIpc) is 2.91. The summed E-state index contributed by atoms with van der Waals surface area (Å²) < 4.78 is 12.7. The smallest absolute Gasteiger partial charge is 0.338 e. The SMILES string of the molecule is CC1(C)OCC(Cn2cc(C(=O)O)c3c(=O)[nH]c(N)nc32)O1. The molecule has 1 saturated heterocycles. The van der Waals surface area contributed by atoms with Crippen molar-refractivity contribution in [2.45, 2.75) is 32.3 Å². The van der Waals surface area contributed by atoms with E-state index < -0.39 is 17.3 Å². The Hall–Kier alpha value is -2.39. The lowest BCUT2D eigenvalue weighted by Gasteiger charge is -2.17. The van der Waals surface area contributed by atoms with Gasteiger partial charge in [-0.05, 0) is 13.8 Å². The topological polar surface area (TPSA) is 132 Å². The van der Waals surface area contributed by atoms with Crippen LogP contribution in [0.25, 0.3) is 11.0 Å². The normalized spacial score (nSPS) is 20.5. The lowest BCUT2D eigenvalue weighted by molar-refractivity contribution is -0.139. The Kier molecular flexibility index (Phi) is 3.18. The highest BCUT2D eigenvalue weighted by atomic mass is 16.7. The predicted molar refractivity (Wildman–Crippen MR) is 76.6 cm³/mol. The fourth-order valence-corrected chi connectivity index (χ4v) is 2.58. The van der Waals surface area contributed by atoms with Crippen LogP contribution in [-0.4, -0.2) is 44.1 Å². The van der Waals surface area contributed by atoms with E-state index in [0.717, 1.165) is 0 Å². The first-order valence-corrected chi connectivity index (χ1v) is 6.70. The average molecular weight is 308 g/mol. The Labute approximate surface area is 124 Å². The largest absolute Gasteiger partial charge is 0.478 e. The van der Waals surface area contributed by atoms with Crippen LogP contribution in [0, 0.1) is 0 Å². The molecule has 1 atom stereocenters. The second kappa shape index (κ2) is 4.82. The quantitative estimate of drug-likeness (QED) is 0.735. The van der Waals surface area contributed by atoms with Gasteiger partial charge in [-0.2, -0.15) is 4.98 Å². The zero-order chi connectivity index (χ0) is 16.1. The minimum absolute atomic E-state index is 0.000115. The molecule has 3 heterocycles. The lowest BCUT2D eigenvalue weighted by Crippen LogP contribution is -2.24. The number of aromatic carboxylic acids is 1. The molecule has 4 N–H and O–H groups in total. The van der Waals surface area contributed by atoms with Gasteiger partial charge in [-0.1, -0.05) is 0 Å². The summed E-state index contributed by atoms with van der Waals surface area (Å²) in [5.74, 6) is -1.96. The number of H-pyrrole nitrogens is 1. The molecule has 118 valence electrons. The van der Waals surface area contributed by atoms with Crippen molar-refractivity contribution in [2.75, 3.05) is 12.3 Å². The number of carbonyl (C=O) groups is 1. The molecule has 0 aromatic carbocycles. The number of nitrogen functional groups attached to an aromatic ring is 1. The first-order chi connectivity index (χ1) is 10.3. The highest BCUT2D eigenvalue weighted by Gasteiger charge is 2.33. The summed E-state index contributed by atoms with van der Waals surface area (Å²) in [5, 5.41) is 9.25. The van der Waals surface area contributed by atoms with E-state index in [1.807, 2.05) is 0 Å². The number of aromatic nitrogens is 3. The highest BCUT2D eigenvalue weighted by molar-refractivity contribution is 6.02. The molecule has 1 fully saturated rings. The molecule has 2 aromatic rings. The maximum Gasteiger partial charge on any atom is 0.338 e. The van der Waals surface area contributed by atoms with Gasteiger partial charge in [0.25, 0.3) is 5.56 Å². The molecule has 1 unspecified atom stereocenters. The first-order valence-electron chi connectivity index (χ1n) is 6.70. The van der Waals surface area contributed by atoms with Crippen LogP contribution in [0.5, 0.6) is 0 Å². The molecule has 2 aromatic heterocycles. The number of fused-ring (bicyclic) bond motifs is 1. The lowest BCUT2D eigenvalue weighted by atomic mass is 10.2. The van der Waals surface area contributed by atoms with E-state index in [2.05, 4.69) is 9.97 Å². The third-order valence-corrected chi connectivity index (χ3v) is 3.44. The van der Waals surface area contributed by atoms with Gasteiger partial charge in [0.1, 0.15) is 11.8 Å². The third-order valence-electron chi connectivity index (χ3n) is 3.44. The van der Waals surface area contributed by atoms with Crippen molar-refractivity contribution in [3.05, 3.63) is 22.1 Å². The fraction of sp³-hybridized carbons (Fsp3) is 0.462. The predicted octanol–water partition coefficient (Wildman–Crippen LogP) is 0.156. The van der Waals surface area contributed by atoms with Gasteiger partial charge >= 0.3 is 5.97 Å². The summed E-state index contributed by atoms with van der Waals surface area (Å²) in [6, 6.07) is 0. The Morgan fingerprint density at radius 1 is 1.64 bits per heavy atom. The van der Waals surface area contributed by atoms with Gasteiger partial charge in [-0.15, -0.1) is 0 Å². The number of hydrogen-bond acceptors (Lipinski definition) is 6.